The van der Waals surface area contributed by atoms with E-state index in [4.69, 9.17) is 25.4 Å². The standard InChI is InChI=1S/2C6H6O.C2H4O2.CHNS.2Na/c2*7-6-4-2-1-3-5-6;1-2(3)4;2-1-3;;/h2*1-5,7H;1H3,(H,3,4);3H;;/q;;;;2*+1/p-2. The summed E-state index contributed by atoms with van der Waals surface area (Å²) in [6.45, 7) is 0.972. The van der Waals surface area contributed by atoms with Crippen LogP contribution in [0.1, 0.15) is 6.92 Å². The second-order valence-electron chi connectivity index (χ2n) is 3.25. The Morgan fingerprint density at radius 1 is 0.957 bits per heavy atom. The fraction of sp³-hybridized carbons (Fsp3) is 0.0667. The van der Waals surface area contributed by atoms with Crippen LogP contribution in [0, 0.1) is 10.7 Å². The van der Waals surface area contributed by atoms with Gasteiger partial charge in [-0.3, -0.25) is 0 Å². The van der Waals surface area contributed by atoms with Crippen LogP contribution < -0.4 is 64.2 Å². The van der Waals surface area contributed by atoms with Crippen LogP contribution in [-0.4, -0.2) is 16.2 Å². The van der Waals surface area contributed by atoms with Crippen molar-refractivity contribution in [2.75, 3.05) is 0 Å². The first-order valence-electron chi connectivity index (χ1n) is 5.60. The molecule has 2 N–H and O–H groups in total. The molecule has 0 fully saturated rings. The third-order valence-electron chi connectivity index (χ3n) is 1.51. The Bertz CT molecular complexity index is 481. The zero-order valence-electron chi connectivity index (χ0n) is 13.3. The summed E-state index contributed by atoms with van der Waals surface area (Å²) in [5, 5.41) is 34.6. The molecule has 8 heteroatoms. The SMILES string of the molecule is CC(=O)[O-].N#C[S-].Oc1ccccc1.Oc1ccccc1.[Na+].[Na+]. The minimum atomic E-state index is -1.08. The van der Waals surface area contributed by atoms with Crippen molar-refractivity contribution in [1.82, 2.24) is 0 Å². The van der Waals surface area contributed by atoms with Crippen molar-refractivity contribution in [3.63, 3.8) is 0 Å². The Morgan fingerprint density at radius 3 is 1.22 bits per heavy atom. The molecule has 0 saturated carbocycles. The fourth-order valence-corrected chi connectivity index (χ4v) is 0.856. The van der Waals surface area contributed by atoms with Crippen LogP contribution in [0.4, 0.5) is 0 Å². The fourth-order valence-electron chi connectivity index (χ4n) is 0.856. The van der Waals surface area contributed by atoms with E-state index in [1.54, 1.807) is 48.5 Å². The maximum atomic E-state index is 8.89. The second kappa shape index (κ2) is 23.5. The molecule has 0 aliphatic carbocycles. The van der Waals surface area contributed by atoms with Crippen molar-refractivity contribution in [1.29, 1.82) is 5.26 Å². The minimum Gasteiger partial charge on any atom is -0.696 e. The third kappa shape index (κ3) is 33.8. The zero-order valence-corrected chi connectivity index (χ0v) is 18.2. The first kappa shape index (κ1) is 30.1. The van der Waals surface area contributed by atoms with E-state index in [1.165, 1.54) is 5.40 Å². The van der Waals surface area contributed by atoms with Crippen LogP contribution in [0.5, 0.6) is 11.5 Å². The van der Waals surface area contributed by atoms with Crippen molar-refractivity contribution in [2.24, 2.45) is 0 Å². The predicted molar refractivity (Wildman–Crippen MR) is 79.9 cm³/mol. The Morgan fingerprint density at radius 2 is 1.13 bits per heavy atom. The van der Waals surface area contributed by atoms with Crippen molar-refractivity contribution < 1.29 is 79.2 Å². The number of rotatable bonds is 0. The molecule has 0 spiro atoms. The molecule has 23 heavy (non-hydrogen) atoms. The van der Waals surface area contributed by atoms with E-state index in [1.807, 2.05) is 12.1 Å². The van der Waals surface area contributed by atoms with Gasteiger partial charge >= 0.3 is 59.1 Å². The normalized spacial score (nSPS) is 6.61. The molecule has 0 radical (unpaired) electrons. The number of nitriles is 1. The molecule has 0 heterocycles. The molecule has 112 valence electrons. The van der Waals surface area contributed by atoms with Gasteiger partial charge in [0.15, 0.2) is 0 Å². The monoisotopic (exact) mass is 351 g/mol. The smallest absolute Gasteiger partial charge is 0.696 e. The summed E-state index contributed by atoms with van der Waals surface area (Å²) >= 11 is 3.70. The number of carboxylic acid groups (broad SMARTS) is 1. The van der Waals surface area contributed by atoms with Crippen LogP contribution in [0.15, 0.2) is 60.7 Å². The molecular weight excluding hydrogens is 336 g/mol. The quantitative estimate of drug-likeness (QED) is 0.282. The number of carboxylic acids is 1. The summed E-state index contributed by atoms with van der Waals surface area (Å²) < 4.78 is 0. The van der Waals surface area contributed by atoms with Gasteiger partial charge in [0.1, 0.15) is 11.5 Å². The number of carbonyl (C=O) groups excluding carboxylic acids is 1. The summed E-state index contributed by atoms with van der Waals surface area (Å²) in [7, 11) is 0. The Balaban J connectivity index is -0.000000108. The number of phenols is 2. The molecule has 0 saturated heterocycles. The molecular formula is C15H15NNa2O4S. The van der Waals surface area contributed by atoms with E-state index in [0.29, 0.717) is 11.5 Å². The number of thiocyanates is 1. The number of nitrogens with zero attached hydrogens (tertiary/aromatic N) is 1. The molecule has 0 amide bonds. The van der Waals surface area contributed by atoms with Crippen molar-refractivity contribution in [2.45, 2.75) is 6.92 Å². The number of phenolic OH excluding ortho intramolecular Hbond substituents is 2. The van der Waals surface area contributed by atoms with Gasteiger partial charge < -0.3 is 32.7 Å². The summed E-state index contributed by atoms with van der Waals surface area (Å²) in [4.78, 5) is 8.89. The van der Waals surface area contributed by atoms with Crippen LogP contribution in [0.25, 0.3) is 0 Å². The molecule has 0 aromatic heterocycles. The summed E-state index contributed by atoms with van der Waals surface area (Å²) in [6, 6.07) is 17.4. The summed E-state index contributed by atoms with van der Waals surface area (Å²) in [5.74, 6) is -0.440. The van der Waals surface area contributed by atoms with Crippen molar-refractivity contribution in [3.05, 3.63) is 60.7 Å². The van der Waals surface area contributed by atoms with Crippen LogP contribution >= 0.6 is 0 Å². The topological polar surface area (TPSA) is 104 Å². The minimum absolute atomic E-state index is 0. The molecule has 5 nitrogen and oxygen atoms in total. The zero-order chi connectivity index (χ0) is 16.5. The molecule has 2 aromatic rings. The Hall–Kier alpha value is -0.780. The van der Waals surface area contributed by atoms with Gasteiger partial charge in [-0.1, -0.05) is 41.8 Å². The molecule has 0 unspecified atom stereocenters. The average Bonchev–Trinajstić information content (AvgIpc) is 2.41. The molecule has 0 aliphatic heterocycles. The number of aromatic hydroxyl groups is 2. The summed E-state index contributed by atoms with van der Waals surface area (Å²) in [5.41, 5.74) is 0. The number of carbonyl (C=O) groups is 1. The Kier molecular flexibility index (Phi) is 30.8. The second-order valence-corrected chi connectivity index (χ2v) is 3.44. The van der Waals surface area contributed by atoms with Crippen LogP contribution in [0.2, 0.25) is 0 Å². The maximum Gasteiger partial charge on any atom is 1.00 e. The van der Waals surface area contributed by atoms with Gasteiger partial charge in [-0.05, 0) is 31.2 Å². The number of hydrogen-bond donors (Lipinski definition) is 2. The van der Waals surface area contributed by atoms with Crippen LogP contribution in [0.3, 0.4) is 0 Å². The van der Waals surface area contributed by atoms with E-state index >= 15 is 0 Å². The Labute approximate surface area is 186 Å². The molecule has 2 aromatic carbocycles. The van der Waals surface area contributed by atoms with Gasteiger partial charge in [0.25, 0.3) is 0 Å². The van der Waals surface area contributed by atoms with Gasteiger partial charge in [0, 0.05) is 5.97 Å². The molecule has 0 atom stereocenters. The van der Waals surface area contributed by atoms with Gasteiger partial charge in [0.05, 0.1) is 0 Å². The van der Waals surface area contributed by atoms with Gasteiger partial charge in [-0.15, -0.1) is 0 Å². The van der Waals surface area contributed by atoms with E-state index in [9.17, 15) is 0 Å². The maximum absolute atomic E-state index is 8.89. The molecule has 0 bridgehead atoms. The van der Waals surface area contributed by atoms with Crippen LogP contribution in [-0.2, 0) is 17.4 Å². The van der Waals surface area contributed by atoms with Gasteiger partial charge in [0.2, 0.25) is 0 Å². The van der Waals surface area contributed by atoms with Crippen molar-refractivity contribution >= 4 is 18.6 Å². The van der Waals surface area contributed by atoms with E-state index < -0.39 is 5.97 Å². The largest absolute Gasteiger partial charge is 1.00 e. The number of para-hydroxylation sites is 2. The number of hydrogen-bond acceptors (Lipinski definition) is 6. The first-order valence-corrected chi connectivity index (χ1v) is 6.01. The first-order chi connectivity index (χ1) is 9.93. The summed E-state index contributed by atoms with van der Waals surface area (Å²) in [6.07, 6.45) is 0. The van der Waals surface area contributed by atoms with E-state index in [-0.39, 0.29) is 59.1 Å². The predicted octanol–water partition coefficient (Wildman–Crippen LogP) is -4.44. The number of aliphatic carboxylic acids is 1. The van der Waals surface area contributed by atoms with Gasteiger partial charge in [-0.2, -0.15) is 0 Å². The third-order valence-corrected chi connectivity index (χ3v) is 1.51. The van der Waals surface area contributed by atoms with Crippen molar-refractivity contribution in [3.8, 4) is 16.9 Å². The van der Waals surface area contributed by atoms with E-state index in [0.717, 1.165) is 6.92 Å². The number of benzene rings is 2. The molecule has 2 rings (SSSR count). The van der Waals surface area contributed by atoms with E-state index in [2.05, 4.69) is 12.6 Å². The molecule has 0 aliphatic rings. The van der Waals surface area contributed by atoms with Gasteiger partial charge in [-0.25, -0.2) is 5.26 Å². The average molecular weight is 351 g/mol.